The lowest BCUT2D eigenvalue weighted by molar-refractivity contribution is -0.126. The van der Waals surface area contributed by atoms with E-state index < -0.39 is 0 Å². The van der Waals surface area contributed by atoms with Crippen LogP contribution in [-0.4, -0.2) is 42.0 Å². The van der Waals surface area contributed by atoms with Gasteiger partial charge >= 0.3 is 6.03 Å². The first-order valence-corrected chi connectivity index (χ1v) is 10.3. The first kappa shape index (κ1) is 20.0. The fraction of sp³-hybridized carbons (Fsp3) is 0.850. The van der Waals surface area contributed by atoms with E-state index in [1.165, 1.54) is 19.3 Å². The molecule has 0 atom stereocenters. The van der Waals surface area contributed by atoms with Crippen LogP contribution in [0.1, 0.15) is 65.7 Å². The molecular weight excluding hydrogens is 344 g/mol. The van der Waals surface area contributed by atoms with Gasteiger partial charge in [-0.25, -0.2) is 4.79 Å². The molecule has 4 aliphatic rings. The highest BCUT2D eigenvalue weighted by molar-refractivity contribution is 5.85. The second kappa shape index (κ2) is 7.68. The molecule has 0 spiro atoms. The Morgan fingerprint density at radius 3 is 1.96 bits per heavy atom. The summed E-state index contributed by atoms with van der Waals surface area (Å²) in [7, 11) is 0. The lowest BCUT2D eigenvalue weighted by atomic mass is 9.53. The van der Waals surface area contributed by atoms with Crippen LogP contribution < -0.4 is 21.3 Å². The minimum absolute atomic E-state index is 0.0217. The molecule has 4 amide bonds. The van der Waals surface area contributed by atoms with E-state index in [4.69, 9.17) is 0 Å². The molecule has 0 aromatic heterocycles. The molecule has 0 radical (unpaired) electrons. The summed E-state index contributed by atoms with van der Waals surface area (Å²) in [6, 6.07) is -0.171. The van der Waals surface area contributed by atoms with Gasteiger partial charge in [0.15, 0.2) is 0 Å². The van der Waals surface area contributed by atoms with Crippen molar-refractivity contribution in [1.29, 1.82) is 0 Å². The molecule has 4 fully saturated rings. The summed E-state index contributed by atoms with van der Waals surface area (Å²) in [5.41, 5.74) is -0.342. The van der Waals surface area contributed by atoms with E-state index in [0.29, 0.717) is 0 Å². The third kappa shape index (κ3) is 5.59. The van der Waals surface area contributed by atoms with Gasteiger partial charge in [0.2, 0.25) is 11.8 Å². The lowest BCUT2D eigenvalue weighted by Crippen LogP contribution is -2.61. The Labute approximate surface area is 161 Å². The van der Waals surface area contributed by atoms with Gasteiger partial charge < -0.3 is 21.3 Å². The van der Waals surface area contributed by atoms with E-state index in [-0.39, 0.29) is 48.4 Å². The molecule has 7 heteroatoms. The largest absolute Gasteiger partial charge is 0.350 e. The zero-order valence-electron chi connectivity index (χ0n) is 16.8. The Hall–Kier alpha value is -1.79. The van der Waals surface area contributed by atoms with Gasteiger partial charge in [-0.2, -0.15) is 0 Å². The van der Waals surface area contributed by atoms with Gasteiger partial charge in [-0.05, 0) is 77.0 Å². The summed E-state index contributed by atoms with van der Waals surface area (Å²) in [5, 5.41) is 11.4. The standard InChI is InChI=1S/C20H34N4O3/c1-19(2,3)23-17(26)12-22-16(25)4-5-21-18(27)24-20-9-13-6-14(10-20)8-15(7-13)11-20/h13-15H,4-12H2,1-3H3,(H,22,25)(H,23,26)(H2,21,24,27). The number of carbonyl (C=O) groups excluding carboxylic acids is 3. The van der Waals surface area contributed by atoms with Crippen molar-refractivity contribution in [3.63, 3.8) is 0 Å². The van der Waals surface area contributed by atoms with E-state index in [9.17, 15) is 14.4 Å². The van der Waals surface area contributed by atoms with Crippen molar-refractivity contribution >= 4 is 17.8 Å². The summed E-state index contributed by atoms with van der Waals surface area (Å²) in [4.78, 5) is 35.8. The summed E-state index contributed by atoms with van der Waals surface area (Å²) >= 11 is 0. The SMILES string of the molecule is CC(C)(C)NC(=O)CNC(=O)CCNC(=O)NC12CC3CC(CC(C3)C1)C2. The first-order valence-electron chi connectivity index (χ1n) is 10.3. The van der Waals surface area contributed by atoms with Crippen LogP contribution in [0.5, 0.6) is 0 Å². The molecule has 4 bridgehead atoms. The van der Waals surface area contributed by atoms with Crippen LogP contribution in [0.2, 0.25) is 0 Å². The molecule has 4 aliphatic carbocycles. The Balaban J connectivity index is 1.33. The predicted octanol–water partition coefficient (Wildman–Crippen LogP) is 1.68. The second-order valence-electron chi connectivity index (χ2n) is 9.90. The van der Waals surface area contributed by atoms with Gasteiger partial charge in [-0.1, -0.05) is 0 Å². The monoisotopic (exact) mass is 378 g/mol. The van der Waals surface area contributed by atoms with E-state index in [2.05, 4.69) is 21.3 Å². The Morgan fingerprint density at radius 2 is 1.44 bits per heavy atom. The lowest BCUT2D eigenvalue weighted by Gasteiger charge is -2.56. The van der Waals surface area contributed by atoms with E-state index in [1.54, 1.807) is 0 Å². The minimum Gasteiger partial charge on any atom is -0.350 e. The molecule has 4 rings (SSSR count). The summed E-state index contributed by atoms with van der Waals surface area (Å²) in [6.45, 7) is 5.89. The molecule has 4 saturated carbocycles. The normalized spacial score (nSPS) is 31.3. The number of hydrogen-bond acceptors (Lipinski definition) is 3. The molecule has 7 nitrogen and oxygen atoms in total. The molecule has 0 heterocycles. The van der Waals surface area contributed by atoms with Crippen LogP contribution in [0.15, 0.2) is 0 Å². The Kier molecular flexibility index (Phi) is 5.68. The highest BCUT2D eigenvalue weighted by Gasteiger charge is 2.51. The number of carbonyl (C=O) groups is 3. The maximum Gasteiger partial charge on any atom is 0.315 e. The van der Waals surface area contributed by atoms with Crippen LogP contribution in [0.4, 0.5) is 4.79 Å². The van der Waals surface area contributed by atoms with Gasteiger partial charge in [-0.3, -0.25) is 9.59 Å². The van der Waals surface area contributed by atoms with Crippen molar-refractivity contribution in [1.82, 2.24) is 21.3 Å². The van der Waals surface area contributed by atoms with Crippen LogP contribution in [0, 0.1) is 17.8 Å². The number of nitrogens with one attached hydrogen (secondary N) is 4. The van der Waals surface area contributed by atoms with E-state index >= 15 is 0 Å². The zero-order valence-corrected chi connectivity index (χ0v) is 16.8. The van der Waals surface area contributed by atoms with Crippen LogP contribution >= 0.6 is 0 Å². The molecule has 4 N–H and O–H groups in total. The molecule has 0 aliphatic heterocycles. The quantitative estimate of drug-likeness (QED) is 0.566. The van der Waals surface area contributed by atoms with Crippen LogP contribution in [0.3, 0.4) is 0 Å². The Bertz CT molecular complexity index is 561. The third-order valence-corrected chi connectivity index (χ3v) is 6.02. The summed E-state index contributed by atoms with van der Waals surface area (Å²) in [5.74, 6) is 1.88. The topological polar surface area (TPSA) is 99.3 Å². The third-order valence-electron chi connectivity index (χ3n) is 6.02. The van der Waals surface area contributed by atoms with Gasteiger partial charge in [0.05, 0.1) is 6.54 Å². The summed E-state index contributed by atoms with van der Waals surface area (Å²) in [6.07, 6.45) is 7.50. The van der Waals surface area contributed by atoms with Crippen molar-refractivity contribution < 1.29 is 14.4 Å². The smallest absolute Gasteiger partial charge is 0.315 e. The van der Waals surface area contributed by atoms with Crippen molar-refractivity contribution in [2.45, 2.75) is 76.8 Å². The maximum atomic E-state index is 12.3. The highest BCUT2D eigenvalue weighted by Crippen LogP contribution is 2.55. The van der Waals surface area contributed by atoms with E-state index in [0.717, 1.165) is 37.0 Å². The number of hydrogen-bond donors (Lipinski definition) is 4. The molecule has 0 unspecified atom stereocenters. The second-order valence-corrected chi connectivity index (χ2v) is 9.90. The fourth-order valence-corrected chi connectivity index (χ4v) is 5.57. The maximum absolute atomic E-state index is 12.3. The van der Waals surface area contributed by atoms with E-state index in [1.807, 2.05) is 20.8 Å². The fourth-order valence-electron chi connectivity index (χ4n) is 5.57. The first-order chi connectivity index (χ1) is 12.6. The number of amides is 4. The van der Waals surface area contributed by atoms with Crippen molar-refractivity contribution in [2.24, 2.45) is 17.8 Å². The van der Waals surface area contributed by atoms with Gasteiger partial charge in [-0.15, -0.1) is 0 Å². The number of urea groups is 1. The van der Waals surface area contributed by atoms with Gasteiger partial charge in [0.1, 0.15) is 0 Å². The number of rotatable bonds is 6. The molecule has 0 aromatic rings. The minimum atomic E-state index is -0.321. The average Bonchev–Trinajstić information content (AvgIpc) is 2.49. The zero-order chi connectivity index (χ0) is 19.7. The summed E-state index contributed by atoms with van der Waals surface area (Å²) < 4.78 is 0. The van der Waals surface area contributed by atoms with Gasteiger partial charge in [0, 0.05) is 24.0 Å². The molecule has 152 valence electrons. The average molecular weight is 379 g/mol. The molecule has 0 saturated heterocycles. The van der Waals surface area contributed by atoms with Crippen LogP contribution in [-0.2, 0) is 9.59 Å². The highest BCUT2D eigenvalue weighted by atomic mass is 16.2. The van der Waals surface area contributed by atoms with Crippen molar-refractivity contribution in [3.05, 3.63) is 0 Å². The Morgan fingerprint density at radius 1 is 0.889 bits per heavy atom. The van der Waals surface area contributed by atoms with Crippen molar-refractivity contribution in [3.8, 4) is 0 Å². The van der Waals surface area contributed by atoms with Gasteiger partial charge in [0.25, 0.3) is 0 Å². The molecular formula is C20H34N4O3. The van der Waals surface area contributed by atoms with Crippen LogP contribution in [0.25, 0.3) is 0 Å². The molecule has 27 heavy (non-hydrogen) atoms. The van der Waals surface area contributed by atoms with Crippen molar-refractivity contribution in [2.75, 3.05) is 13.1 Å². The predicted molar refractivity (Wildman–Crippen MR) is 103 cm³/mol. The molecule has 0 aromatic carbocycles.